The fourth-order valence-corrected chi connectivity index (χ4v) is 2.57. The summed E-state index contributed by atoms with van der Waals surface area (Å²) in [6.45, 7) is 1.44. The van der Waals surface area contributed by atoms with E-state index in [2.05, 4.69) is 0 Å². The lowest BCUT2D eigenvalue weighted by Crippen LogP contribution is -2.35. The lowest BCUT2D eigenvalue weighted by atomic mass is 10.1. The molecule has 1 aliphatic heterocycles. The van der Waals surface area contributed by atoms with Crippen molar-refractivity contribution in [3.63, 3.8) is 0 Å². The van der Waals surface area contributed by atoms with E-state index in [0.29, 0.717) is 6.54 Å². The van der Waals surface area contributed by atoms with Crippen LogP contribution in [0.3, 0.4) is 0 Å². The molecule has 1 aliphatic rings. The number of hydrogen-bond acceptors (Lipinski definition) is 3. The Hall–Kier alpha value is -1.78. The standard InChI is InChI=1S/C16H18N2O2.ClH/c17-13-8-9-18(10-13)16(19)11-20-15-7-3-5-12-4-1-2-6-14(12)15;/h1-7,13H,8-11,17H2;1H/t13-;/m1./s1. The summed E-state index contributed by atoms with van der Waals surface area (Å²) in [5.41, 5.74) is 5.81. The second kappa shape index (κ2) is 6.78. The predicted molar refractivity (Wildman–Crippen MR) is 85.9 cm³/mol. The highest BCUT2D eigenvalue weighted by Crippen LogP contribution is 2.25. The van der Waals surface area contributed by atoms with Gasteiger partial charge >= 0.3 is 0 Å². The molecular formula is C16H19ClN2O2. The van der Waals surface area contributed by atoms with E-state index in [1.807, 2.05) is 42.5 Å². The predicted octanol–water partition coefficient (Wildman–Crippen LogP) is 2.20. The third-order valence-corrected chi connectivity index (χ3v) is 3.68. The minimum Gasteiger partial charge on any atom is -0.483 e. The number of nitrogens with zero attached hydrogens (tertiary/aromatic N) is 1. The van der Waals surface area contributed by atoms with Crippen LogP contribution in [0.5, 0.6) is 5.75 Å². The van der Waals surface area contributed by atoms with Crippen molar-refractivity contribution in [2.24, 2.45) is 5.73 Å². The summed E-state index contributed by atoms with van der Waals surface area (Å²) in [6, 6.07) is 14.0. The molecule has 4 nitrogen and oxygen atoms in total. The van der Waals surface area contributed by atoms with Crippen molar-refractivity contribution < 1.29 is 9.53 Å². The number of fused-ring (bicyclic) bond motifs is 1. The molecule has 2 aromatic rings. The molecule has 0 spiro atoms. The molecule has 1 heterocycles. The maximum atomic E-state index is 12.0. The van der Waals surface area contributed by atoms with Crippen LogP contribution in [0.4, 0.5) is 0 Å². The molecule has 0 aromatic heterocycles. The molecule has 0 radical (unpaired) electrons. The van der Waals surface area contributed by atoms with Gasteiger partial charge in [-0.25, -0.2) is 0 Å². The Morgan fingerprint density at radius 3 is 2.76 bits per heavy atom. The monoisotopic (exact) mass is 306 g/mol. The molecule has 5 heteroatoms. The van der Waals surface area contributed by atoms with Gasteiger partial charge in [-0.05, 0) is 17.9 Å². The van der Waals surface area contributed by atoms with E-state index in [0.717, 1.165) is 29.5 Å². The number of ether oxygens (including phenoxy) is 1. The van der Waals surface area contributed by atoms with Crippen LogP contribution in [0.15, 0.2) is 42.5 Å². The van der Waals surface area contributed by atoms with Crippen molar-refractivity contribution in [2.75, 3.05) is 19.7 Å². The first-order valence-corrected chi connectivity index (χ1v) is 6.88. The number of carbonyl (C=O) groups is 1. The normalized spacial score (nSPS) is 17.6. The molecule has 2 aromatic carbocycles. The van der Waals surface area contributed by atoms with Crippen LogP contribution in [0, 0.1) is 0 Å². The summed E-state index contributed by atoms with van der Waals surface area (Å²) in [5.74, 6) is 0.755. The third kappa shape index (κ3) is 3.46. The molecule has 0 bridgehead atoms. The quantitative estimate of drug-likeness (QED) is 0.946. The van der Waals surface area contributed by atoms with Gasteiger partial charge in [-0.3, -0.25) is 4.79 Å². The lowest BCUT2D eigenvalue weighted by Gasteiger charge is -2.16. The van der Waals surface area contributed by atoms with Crippen LogP contribution in [-0.2, 0) is 4.79 Å². The van der Waals surface area contributed by atoms with Crippen LogP contribution in [0.1, 0.15) is 6.42 Å². The molecule has 0 unspecified atom stereocenters. The van der Waals surface area contributed by atoms with Crippen LogP contribution in [0.25, 0.3) is 10.8 Å². The summed E-state index contributed by atoms with van der Waals surface area (Å²) in [6.07, 6.45) is 0.875. The van der Waals surface area contributed by atoms with E-state index >= 15 is 0 Å². The first-order valence-electron chi connectivity index (χ1n) is 6.88. The van der Waals surface area contributed by atoms with Crippen molar-refractivity contribution in [3.8, 4) is 5.75 Å². The second-order valence-corrected chi connectivity index (χ2v) is 5.15. The molecule has 3 rings (SSSR count). The zero-order chi connectivity index (χ0) is 13.9. The largest absolute Gasteiger partial charge is 0.483 e. The van der Waals surface area contributed by atoms with E-state index in [1.165, 1.54) is 0 Å². The number of rotatable bonds is 3. The van der Waals surface area contributed by atoms with Gasteiger partial charge in [-0.2, -0.15) is 0 Å². The molecule has 1 amide bonds. The zero-order valence-corrected chi connectivity index (χ0v) is 12.5. The number of halogens is 1. The minimum absolute atomic E-state index is 0. The van der Waals surface area contributed by atoms with Gasteiger partial charge < -0.3 is 15.4 Å². The van der Waals surface area contributed by atoms with E-state index in [1.54, 1.807) is 4.90 Å². The Morgan fingerprint density at radius 1 is 1.24 bits per heavy atom. The number of likely N-dealkylation sites (tertiary alicyclic amines) is 1. The van der Waals surface area contributed by atoms with Crippen LogP contribution < -0.4 is 10.5 Å². The Morgan fingerprint density at radius 2 is 2.00 bits per heavy atom. The smallest absolute Gasteiger partial charge is 0.260 e. The van der Waals surface area contributed by atoms with E-state index < -0.39 is 0 Å². The third-order valence-electron chi connectivity index (χ3n) is 3.68. The van der Waals surface area contributed by atoms with Gasteiger partial charge in [-0.15, -0.1) is 12.4 Å². The summed E-state index contributed by atoms with van der Waals surface area (Å²) in [5, 5.41) is 2.14. The number of amides is 1. The molecule has 2 N–H and O–H groups in total. The number of hydrogen-bond donors (Lipinski definition) is 1. The highest BCUT2D eigenvalue weighted by molar-refractivity contribution is 5.88. The molecule has 1 saturated heterocycles. The van der Waals surface area contributed by atoms with Crippen molar-refractivity contribution >= 4 is 29.1 Å². The SMILES string of the molecule is Cl.N[C@@H]1CCN(C(=O)COc2cccc3ccccc23)C1. The van der Waals surface area contributed by atoms with Gasteiger partial charge in [-0.1, -0.05) is 36.4 Å². The maximum Gasteiger partial charge on any atom is 0.260 e. The van der Waals surface area contributed by atoms with Gasteiger partial charge in [0.1, 0.15) is 5.75 Å². The van der Waals surface area contributed by atoms with Crippen molar-refractivity contribution in [1.29, 1.82) is 0 Å². The lowest BCUT2D eigenvalue weighted by molar-refractivity contribution is -0.132. The zero-order valence-electron chi connectivity index (χ0n) is 11.7. The number of nitrogens with two attached hydrogens (primary N) is 1. The summed E-state index contributed by atoms with van der Waals surface area (Å²) < 4.78 is 5.70. The van der Waals surface area contributed by atoms with E-state index in [4.69, 9.17) is 10.5 Å². The van der Waals surface area contributed by atoms with Crippen LogP contribution in [0.2, 0.25) is 0 Å². The van der Waals surface area contributed by atoms with Crippen molar-refractivity contribution in [2.45, 2.75) is 12.5 Å². The molecular weight excluding hydrogens is 288 g/mol. The van der Waals surface area contributed by atoms with Gasteiger partial charge in [0, 0.05) is 24.5 Å². The van der Waals surface area contributed by atoms with Gasteiger partial charge in [0.05, 0.1) is 0 Å². The van der Waals surface area contributed by atoms with E-state index in [-0.39, 0.29) is 31.0 Å². The average Bonchev–Trinajstić information content (AvgIpc) is 2.91. The summed E-state index contributed by atoms with van der Waals surface area (Å²) in [7, 11) is 0. The van der Waals surface area contributed by atoms with Crippen molar-refractivity contribution in [3.05, 3.63) is 42.5 Å². The Kier molecular flexibility index (Phi) is 5.04. The average molecular weight is 307 g/mol. The fraction of sp³-hybridized carbons (Fsp3) is 0.312. The molecule has 0 aliphatic carbocycles. The van der Waals surface area contributed by atoms with Gasteiger partial charge in [0.2, 0.25) is 0 Å². The molecule has 1 fully saturated rings. The van der Waals surface area contributed by atoms with Gasteiger partial charge in [0.25, 0.3) is 5.91 Å². The van der Waals surface area contributed by atoms with E-state index in [9.17, 15) is 4.79 Å². The summed E-state index contributed by atoms with van der Waals surface area (Å²) >= 11 is 0. The molecule has 0 saturated carbocycles. The Balaban J connectivity index is 0.00000161. The Labute approximate surface area is 130 Å². The Bertz CT molecular complexity index is 627. The first kappa shape index (κ1) is 15.6. The van der Waals surface area contributed by atoms with Crippen LogP contribution >= 0.6 is 12.4 Å². The first-order chi connectivity index (χ1) is 9.74. The minimum atomic E-state index is 0. The molecule has 1 atom stereocenters. The topological polar surface area (TPSA) is 55.6 Å². The molecule has 21 heavy (non-hydrogen) atoms. The number of carbonyl (C=O) groups excluding carboxylic acids is 1. The maximum absolute atomic E-state index is 12.0. The second-order valence-electron chi connectivity index (χ2n) is 5.15. The fourth-order valence-electron chi connectivity index (χ4n) is 2.57. The highest BCUT2D eigenvalue weighted by atomic mass is 35.5. The van der Waals surface area contributed by atoms with Crippen LogP contribution in [-0.4, -0.2) is 36.5 Å². The molecule has 112 valence electrons. The summed E-state index contributed by atoms with van der Waals surface area (Å²) in [4.78, 5) is 13.8. The van der Waals surface area contributed by atoms with Crippen molar-refractivity contribution in [1.82, 2.24) is 4.90 Å². The highest BCUT2D eigenvalue weighted by Gasteiger charge is 2.23. The van der Waals surface area contributed by atoms with Gasteiger partial charge in [0.15, 0.2) is 6.61 Å². The number of benzene rings is 2.